The van der Waals surface area contributed by atoms with Gasteiger partial charge in [-0.1, -0.05) is 17.3 Å². The van der Waals surface area contributed by atoms with Crippen LogP contribution in [-0.2, 0) is 4.84 Å². The lowest BCUT2D eigenvalue weighted by Crippen LogP contribution is -2.38. The van der Waals surface area contributed by atoms with E-state index in [1.54, 1.807) is 25.1 Å². The Morgan fingerprint density at radius 3 is 2.81 bits per heavy atom. The smallest absolute Gasteiger partial charge is 0.258 e. The average molecular weight is 439 g/mol. The van der Waals surface area contributed by atoms with Gasteiger partial charge < -0.3 is 24.3 Å². The van der Waals surface area contributed by atoms with Gasteiger partial charge in [-0.05, 0) is 30.2 Å². The fourth-order valence-corrected chi connectivity index (χ4v) is 4.14. The van der Waals surface area contributed by atoms with Crippen molar-refractivity contribution in [2.45, 2.75) is 19.4 Å². The van der Waals surface area contributed by atoms with E-state index in [1.807, 2.05) is 0 Å². The first kappa shape index (κ1) is 21.6. The minimum absolute atomic E-state index is 0.00663. The highest BCUT2D eigenvalue weighted by Gasteiger charge is 2.37. The van der Waals surface area contributed by atoms with Crippen molar-refractivity contribution in [2.75, 3.05) is 33.5 Å². The average Bonchev–Trinajstić information content (AvgIpc) is 3.22. The molecule has 1 amide bonds. The zero-order chi connectivity index (χ0) is 22.8. The van der Waals surface area contributed by atoms with Gasteiger partial charge in [-0.2, -0.15) is 5.26 Å². The molecule has 0 spiro atoms. The number of benzene rings is 2. The van der Waals surface area contributed by atoms with Crippen molar-refractivity contribution >= 4 is 11.6 Å². The summed E-state index contributed by atoms with van der Waals surface area (Å²) in [6.45, 7) is 2.02. The van der Waals surface area contributed by atoms with Gasteiger partial charge in [0.05, 0.1) is 47.7 Å². The van der Waals surface area contributed by atoms with Crippen molar-refractivity contribution in [3.05, 3.63) is 46.8 Å². The molecule has 1 N–H and O–H groups in total. The lowest BCUT2D eigenvalue weighted by Gasteiger charge is -2.27. The number of oxime groups is 1. The Bertz CT molecular complexity index is 1140. The molecule has 2 aliphatic rings. The monoisotopic (exact) mass is 439 g/mol. The number of fused-ring (bicyclic) bond motifs is 1. The molecule has 0 unspecified atom stereocenters. The molecule has 166 valence electrons. The maximum atomic E-state index is 15.5. The highest BCUT2D eigenvalue weighted by molar-refractivity contribution is 6.03. The van der Waals surface area contributed by atoms with Gasteiger partial charge in [0.15, 0.2) is 11.5 Å². The first-order chi connectivity index (χ1) is 15.5. The van der Waals surface area contributed by atoms with Crippen molar-refractivity contribution < 1.29 is 28.6 Å². The van der Waals surface area contributed by atoms with E-state index in [1.165, 1.54) is 12.0 Å². The number of ether oxygens (including phenoxy) is 2. The molecule has 0 radical (unpaired) electrons. The van der Waals surface area contributed by atoms with Gasteiger partial charge in [-0.15, -0.1) is 0 Å². The van der Waals surface area contributed by atoms with Crippen LogP contribution in [-0.4, -0.2) is 61.1 Å². The van der Waals surface area contributed by atoms with Crippen LogP contribution in [0, 0.1) is 24.1 Å². The van der Waals surface area contributed by atoms with E-state index in [0.29, 0.717) is 28.8 Å². The van der Waals surface area contributed by atoms with Crippen LogP contribution in [0.4, 0.5) is 4.39 Å². The highest BCUT2D eigenvalue weighted by Crippen LogP contribution is 2.46. The molecule has 0 aliphatic carbocycles. The van der Waals surface area contributed by atoms with E-state index in [9.17, 15) is 15.2 Å². The number of hydrogen-bond acceptors (Lipinski definition) is 7. The van der Waals surface area contributed by atoms with Gasteiger partial charge in [0.2, 0.25) is 0 Å². The van der Waals surface area contributed by atoms with Crippen LogP contribution in [0.2, 0.25) is 0 Å². The Kier molecular flexibility index (Phi) is 5.97. The summed E-state index contributed by atoms with van der Waals surface area (Å²) in [5.41, 5.74) is 2.27. The number of nitriles is 1. The largest absolute Gasteiger partial charge is 0.485 e. The van der Waals surface area contributed by atoms with E-state index < -0.39 is 17.8 Å². The zero-order valence-electron chi connectivity index (χ0n) is 17.7. The lowest BCUT2D eigenvalue weighted by molar-refractivity contribution is 0.0669. The van der Waals surface area contributed by atoms with Gasteiger partial charge >= 0.3 is 0 Å². The van der Waals surface area contributed by atoms with Crippen LogP contribution >= 0.6 is 0 Å². The van der Waals surface area contributed by atoms with Crippen LogP contribution in [0.3, 0.4) is 0 Å². The molecule has 32 heavy (non-hydrogen) atoms. The molecule has 1 saturated heterocycles. The first-order valence-electron chi connectivity index (χ1n) is 10.1. The number of aliphatic hydroxyl groups excluding tert-OH is 1. The molecule has 1 atom stereocenters. The van der Waals surface area contributed by atoms with E-state index in [0.717, 1.165) is 6.07 Å². The molecule has 0 bridgehead atoms. The molecule has 2 aliphatic heterocycles. The van der Waals surface area contributed by atoms with Crippen LogP contribution in [0.25, 0.3) is 11.1 Å². The fourth-order valence-electron chi connectivity index (χ4n) is 4.14. The number of likely N-dealkylation sites (tertiary alicyclic amines) is 1. The van der Waals surface area contributed by atoms with Crippen LogP contribution in [0.1, 0.15) is 27.9 Å². The van der Waals surface area contributed by atoms with E-state index in [2.05, 4.69) is 11.2 Å². The molecule has 2 aromatic rings. The van der Waals surface area contributed by atoms with Crippen LogP contribution in [0.15, 0.2) is 29.4 Å². The van der Waals surface area contributed by atoms with Crippen molar-refractivity contribution in [1.29, 1.82) is 5.26 Å². The SMILES string of the molecule is CO/N=C1/C[C@@H](CO)N(C(=O)c2cc(F)c(-c3cccc(C#N)c3C)c3c2OCCO3)C1. The van der Waals surface area contributed by atoms with Crippen molar-refractivity contribution in [3.63, 3.8) is 0 Å². The third kappa shape index (κ3) is 3.63. The van der Waals surface area contributed by atoms with Crippen molar-refractivity contribution in [1.82, 2.24) is 4.90 Å². The fraction of sp³-hybridized carbons (Fsp3) is 0.348. The number of hydrogen-bond donors (Lipinski definition) is 1. The third-order valence-corrected chi connectivity index (χ3v) is 5.67. The zero-order valence-corrected chi connectivity index (χ0v) is 17.7. The van der Waals surface area contributed by atoms with Gasteiger partial charge in [0, 0.05) is 6.42 Å². The molecule has 2 aromatic carbocycles. The Morgan fingerprint density at radius 2 is 2.12 bits per heavy atom. The third-order valence-electron chi connectivity index (χ3n) is 5.67. The predicted octanol–water partition coefficient (Wildman–Crippen LogP) is 2.65. The summed E-state index contributed by atoms with van der Waals surface area (Å²) in [5.74, 6) is -0.891. The minimum Gasteiger partial charge on any atom is -0.485 e. The molecule has 1 fully saturated rings. The number of carbonyl (C=O) groups is 1. The highest BCUT2D eigenvalue weighted by atomic mass is 19.1. The summed E-state index contributed by atoms with van der Waals surface area (Å²) in [6.07, 6.45) is 0.357. The molecule has 4 rings (SSSR count). The minimum atomic E-state index is -0.665. The summed E-state index contributed by atoms with van der Waals surface area (Å²) < 4.78 is 27.0. The Labute approximate surface area is 184 Å². The summed E-state index contributed by atoms with van der Waals surface area (Å²) in [7, 11) is 1.41. The molecule has 8 nitrogen and oxygen atoms in total. The second kappa shape index (κ2) is 8.85. The van der Waals surface area contributed by atoms with Crippen LogP contribution < -0.4 is 9.47 Å². The van der Waals surface area contributed by atoms with E-state index >= 15 is 4.39 Å². The number of rotatable bonds is 4. The van der Waals surface area contributed by atoms with Gasteiger partial charge in [-0.25, -0.2) is 4.39 Å². The standard InChI is InChI=1S/C23H22FN3O5/c1-13-14(10-25)4-3-5-17(13)20-19(24)9-18(21-22(20)32-7-6-31-21)23(29)27-11-15(26-30-2)8-16(27)12-28/h3-5,9,16,28H,6-8,11-12H2,1-2H3/b26-15-/t16-/m0/s1. The number of carbonyl (C=O) groups excluding carboxylic acids is 1. The normalized spacial score (nSPS) is 18.5. The number of amides is 1. The number of aliphatic hydroxyl groups is 1. The maximum absolute atomic E-state index is 15.5. The Morgan fingerprint density at radius 1 is 1.38 bits per heavy atom. The topological polar surface area (TPSA) is 104 Å². The quantitative estimate of drug-likeness (QED) is 0.735. The summed E-state index contributed by atoms with van der Waals surface area (Å²) in [6, 6.07) is 7.74. The maximum Gasteiger partial charge on any atom is 0.258 e. The van der Waals surface area contributed by atoms with Gasteiger partial charge in [-0.3, -0.25) is 4.79 Å². The summed E-state index contributed by atoms with van der Waals surface area (Å²) in [5, 5.41) is 23.0. The van der Waals surface area contributed by atoms with E-state index in [4.69, 9.17) is 14.3 Å². The molecule has 0 aromatic heterocycles. The van der Waals surface area contributed by atoms with Gasteiger partial charge in [0.25, 0.3) is 5.91 Å². The molecule has 2 heterocycles. The second-order valence-electron chi connectivity index (χ2n) is 7.54. The molecular weight excluding hydrogens is 417 g/mol. The van der Waals surface area contributed by atoms with Crippen molar-refractivity contribution in [3.8, 4) is 28.7 Å². The van der Waals surface area contributed by atoms with Gasteiger partial charge in [0.1, 0.15) is 26.1 Å². The van der Waals surface area contributed by atoms with Crippen molar-refractivity contribution in [2.24, 2.45) is 5.16 Å². The predicted molar refractivity (Wildman–Crippen MR) is 113 cm³/mol. The summed E-state index contributed by atoms with van der Waals surface area (Å²) >= 11 is 0. The molecule has 9 heteroatoms. The molecule has 0 saturated carbocycles. The lowest BCUT2D eigenvalue weighted by atomic mass is 9.93. The molecular formula is C23H22FN3O5. The second-order valence-corrected chi connectivity index (χ2v) is 7.54. The van der Waals surface area contributed by atoms with E-state index in [-0.39, 0.29) is 49.0 Å². The Balaban J connectivity index is 1.83. The Hall–Kier alpha value is -3.64. The number of halogens is 1. The number of nitrogens with zero attached hydrogens (tertiary/aromatic N) is 3. The first-order valence-corrected chi connectivity index (χ1v) is 10.1. The van der Waals surface area contributed by atoms with Crippen LogP contribution in [0.5, 0.6) is 11.5 Å². The summed E-state index contributed by atoms with van der Waals surface area (Å²) in [4.78, 5) is 19.6.